The number of nitrogens with one attached hydrogen (secondary N) is 1. The fourth-order valence-electron chi connectivity index (χ4n) is 3.14. The zero-order chi connectivity index (χ0) is 18.5. The Balaban J connectivity index is 1.29. The largest absolute Gasteiger partial charge is 0.497 e. The van der Waals surface area contributed by atoms with Crippen LogP contribution in [0.3, 0.4) is 0 Å². The number of hydrogen-bond acceptors (Lipinski definition) is 7. The summed E-state index contributed by atoms with van der Waals surface area (Å²) in [6, 6.07) is 14.0. The van der Waals surface area contributed by atoms with Gasteiger partial charge in [0.2, 0.25) is 0 Å². The van der Waals surface area contributed by atoms with Gasteiger partial charge in [0.05, 0.1) is 12.8 Å². The number of rotatable bonds is 6. The molecular weight excluding hydrogens is 358 g/mol. The first-order valence-electron chi connectivity index (χ1n) is 9.04. The van der Waals surface area contributed by atoms with E-state index >= 15 is 0 Å². The normalized spacial score (nSPS) is 14.9. The van der Waals surface area contributed by atoms with Crippen LogP contribution in [-0.4, -0.2) is 48.2 Å². The molecule has 7 heteroatoms. The Bertz CT molecular complexity index is 844. The Hall–Kier alpha value is -2.64. The lowest BCUT2D eigenvalue weighted by Gasteiger charge is -2.35. The smallest absolute Gasteiger partial charge is 0.187 e. The van der Waals surface area contributed by atoms with E-state index in [1.54, 1.807) is 18.4 Å². The van der Waals surface area contributed by atoms with Crippen molar-refractivity contribution in [3.63, 3.8) is 0 Å². The molecule has 1 aliphatic rings. The molecule has 4 rings (SSSR count). The monoisotopic (exact) mass is 381 g/mol. The van der Waals surface area contributed by atoms with Crippen LogP contribution >= 0.6 is 11.3 Å². The van der Waals surface area contributed by atoms with Gasteiger partial charge in [-0.15, -0.1) is 11.3 Å². The molecule has 1 fully saturated rings. The lowest BCUT2D eigenvalue weighted by molar-refractivity contribution is 0.247. The maximum atomic E-state index is 5.19. The highest BCUT2D eigenvalue weighted by Gasteiger charge is 2.18. The second-order valence-electron chi connectivity index (χ2n) is 6.45. The van der Waals surface area contributed by atoms with Gasteiger partial charge in [-0.2, -0.15) is 0 Å². The summed E-state index contributed by atoms with van der Waals surface area (Å²) >= 11 is 1.64. The minimum Gasteiger partial charge on any atom is -0.497 e. The Morgan fingerprint density at radius 1 is 1.07 bits per heavy atom. The summed E-state index contributed by atoms with van der Waals surface area (Å²) in [5, 5.41) is 6.41. The van der Waals surface area contributed by atoms with Gasteiger partial charge in [0.25, 0.3) is 0 Å². The maximum absolute atomic E-state index is 5.19. The molecule has 1 N–H and O–H groups in total. The Labute approximate surface area is 163 Å². The standard InChI is InChI=1S/C20H23N5OS/c1-26-18-7-5-16(6-8-18)22-20-23-17(15-27-20)14-24-10-12-25(13-11-24)19-4-2-3-9-21-19/h2-9,15H,10-14H2,1H3,(H,22,23). The van der Waals surface area contributed by atoms with E-state index in [2.05, 4.69) is 31.5 Å². The predicted molar refractivity (Wildman–Crippen MR) is 110 cm³/mol. The molecule has 2 aromatic heterocycles. The van der Waals surface area contributed by atoms with Gasteiger partial charge < -0.3 is 15.0 Å². The number of ether oxygens (including phenoxy) is 1. The molecule has 0 saturated carbocycles. The molecule has 0 bridgehead atoms. The number of hydrogen-bond donors (Lipinski definition) is 1. The molecule has 140 valence electrons. The van der Waals surface area contributed by atoms with Gasteiger partial charge in [-0.3, -0.25) is 4.90 Å². The predicted octanol–water partition coefficient (Wildman–Crippen LogP) is 3.61. The van der Waals surface area contributed by atoms with E-state index in [4.69, 9.17) is 9.72 Å². The van der Waals surface area contributed by atoms with Gasteiger partial charge in [0, 0.05) is 50.0 Å². The Morgan fingerprint density at radius 3 is 2.59 bits per heavy atom. The second-order valence-corrected chi connectivity index (χ2v) is 7.31. The topological polar surface area (TPSA) is 53.5 Å². The molecule has 3 heterocycles. The number of nitrogens with zero attached hydrogens (tertiary/aromatic N) is 4. The van der Waals surface area contributed by atoms with E-state index in [1.165, 1.54) is 0 Å². The van der Waals surface area contributed by atoms with Crippen molar-refractivity contribution >= 4 is 28.0 Å². The fourth-order valence-corrected chi connectivity index (χ4v) is 3.86. The third-order valence-corrected chi connectivity index (χ3v) is 5.43. The number of pyridine rings is 1. The van der Waals surface area contributed by atoms with Crippen molar-refractivity contribution in [2.45, 2.75) is 6.54 Å². The van der Waals surface area contributed by atoms with Gasteiger partial charge >= 0.3 is 0 Å². The number of anilines is 3. The molecule has 1 aliphatic heterocycles. The van der Waals surface area contributed by atoms with Gasteiger partial charge in [-0.1, -0.05) is 6.07 Å². The molecule has 0 aliphatic carbocycles. The molecule has 0 amide bonds. The van der Waals surface area contributed by atoms with Gasteiger partial charge in [0.15, 0.2) is 5.13 Å². The lowest BCUT2D eigenvalue weighted by Crippen LogP contribution is -2.46. The van der Waals surface area contributed by atoms with Crippen LogP contribution in [0.1, 0.15) is 5.69 Å². The van der Waals surface area contributed by atoms with Gasteiger partial charge in [0.1, 0.15) is 11.6 Å². The fraction of sp³-hybridized carbons (Fsp3) is 0.300. The molecule has 27 heavy (non-hydrogen) atoms. The summed E-state index contributed by atoms with van der Waals surface area (Å²) < 4.78 is 5.19. The molecule has 1 aromatic carbocycles. The van der Waals surface area contributed by atoms with Crippen molar-refractivity contribution in [1.82, 2.24) is 14.9 Å². The first-order chi connectivity index (χ1) is 13.3. The van der Waals surface area contributed by atoms with Crippen molar-refractivity contribution in [1.29, 1.82) is 0 Å². The average molecular weight is 382 g/mol. The lowest BCUT2D eigenvalue weighted by atomic mass is 10.3. The molecule has 0 spiro atoms. The number of benzene rings is 1. The summed E-state index contributed by atoms with van der Waals surface area (Å²) in [6.45, 7) is 4.93. The van der Waals surface area contributed by atoms with Crippen LogP contribution in [0.15, 0.2) is 54.0 Å². The summed E-state index contributed by atoms with van der Waals surface area (Å²) in [7, 11) is 1.67. The van der Waals surface area contributed by atoms with Crippen molar-refractivity contribution in [3.8, 4) is 5.75 Å². The Kier molecular flexibility index (Phi) is 5.50. The van der Waals surface area contributed by atoms with Crippen LogP contribution in [0, 0.1) is 0 Å². The average Bonchev–Trinajstić information content (AvgIpc) is 3.16. The number of piperazine rings is 1. The minimum atomic E-state index is 0.852. The minimum absolute atomic E-state index is 0.852. The van der Waals surface area contributed by atoms with Crippen molar-refractivity contribution < 1.29 is 4.74 Å². The highest BCUT2D eigenvalue weighted by atomic mass is 32.1. The van der Waals surface area contributed by atoms with E-state index in [9.17, 15) is 0 Å². The molecule has 1 saturated heterocycles. The molecule has 0 atom stereocenters. The van der Waals surface area contributed by atoms with Crippen LogP contribution < -0.4 is 15.0 Å². The molecule has 3 aromatic rings. The summed E-state index contributed by atoms with van der Waals surface area (Å²) in [4.78, 5) is 14.0. The SMILES string of the molecule is COc1ccc(Nc2nc(CN3CCN(c4ccccn4)CC3)cs2)cc1. The van der Waals surface area contributed by atoms with E-state index in [0.717, 1.165) is 60.8 Å². The van der Waals surface area contributed by atoms with Crippen LogP contribution in [0.4, 0.5) is 16.6 Å². The molecular formula is C20H23N5OS. The van der Waals surface area contributed by atoms with E-state index in [-0.39, 0.29) is 0 Å². The summed E-state index contributed by atoms with van der Waals surface area (Å²) in [5.74, 6) is 1.92. The second kappa shape index (κ2) is 8.37. The number of aromatic nitrogens is 2. The van der Waals surface area contributed by atoms with Crippen LogP contribution in [0.5, 0.6) is 5.75 Å². The van der Waals surface area contributed by atoms with Crippen LogP contribution in [-0.2, 0) is 6.54 Å². The van der Waals surface area contributed by atoms with Crippen molar-refractivity contribution in [2.24, 2.45) is 0 Å². The zero-order valence-electron chi connectivity index (χ0n) is 15.3. The summed E-state index contributed by atoms with van der Waals surface area (Å²) in [6.07, 6.45) is 1.86. The highest BCUT2D eigenvalue weighted by Crippen LogP contribution is 2.24. The van der Waals surface area contributed by atoms with E-state index in [1.807, 2.05) is 42.6 Å². The number of thiazole rings is 1. The van der Waals surface area contributed by atoms with Gasteiger partial charge in [-0.25, -0.2) is 9.97 Å². The third kappa shape index (κ3) is 4.56. The third-order valence-electron chi connectivity index (χ3n) is 4.62. The quantitative estimate of drug-likeness (QED) is 0.704. The molecule has 0 unspecified atom stereocenters. The number of methoxy groups -OCH3 is 1. The van der Waals surface area contributed by atoms with E-state index in [0.29, 0.717) is 0 Å². The highest BCUT2D eigenvalue weighted by molar-refractivity contribution is 7.13. The van der Waals surface area contributed by atoms with Gasteiger partial charge in [-0.05, 0) is 36.4 Å². The van der Waals surface area contributed by atoms with E-state index < -0.39 is 0 Å². The zero-order valence-corrected chi connectivity index (χ0v) is 16.2. The first-order valence-corrected chi connectivity index (χ1v) is 9.92. The molecule has 0 radical (unpaired) electrons. The maximum Gasteiger partial charge on any atom is 0.187 e. The van der Waals surface area contributed by atoms with Crippen LogP contribution in [0.2, 0.25) is 0 Å². The summed E-state index contributed by atoms with van der Waals surface area (Å²) in [5.41, 5.74) is 2.13. The Morgan fingerprint density at radius 2 is 1.89 bits per heavy atom. The van der Waals surface area contributed by atoms with Crippen LogP contribution in [0.25, 0.3) is 0 Å². The molecule has 6 nitrogen and oxygen atoms in total. The first kappa shape index (κ1) is 17.8. The van der Waals surface area contributed by atoms with Crippen molar-refractivity contribution in [3.05, 3.63) is 59.7 Å². The van der Waals surface area contributed by atoms with Crippen molar-refractivity contribution in [2.75, 3.05) is 43.5 Å².